The van der Waals surface area contributed by atoms with Crippen molar-refractivity contribution in [3.63, 3.8) is 0 Å². The first kappa shape index (κ1) is 14.5. The molecule has 0 saturated heterocycles. The maximum atomic E-state index is 5.65. The van der Waals surface area contributed by atoms with Crippen LogP contribution in [0.2, 0.25) is 0 Å². The second kappa shape index (κ2) is 6.48. The predicted molar refractivity (Wildman–Crippen MR) is 79.4 cm³/mol. The number of ether oxygens (including phenoxy) is 1. The van der Waals surface area contributed by atoms with Crippen molar-refractivity contribution in [3.05, 3.63) is 54.1 Å². The molecule has 20 heavy (non-hydrogen) atoms. The number of hydrogen-bond acceptors (Lipinski definition) is 4. The molecule has 0 aliphatic rings. The summed E-state index contributed by atoms with van der Waals surface area (Å²) in [5, 5.41) is 3.45. The normalized spacial score (nSPS) is 11.3. The number of nitrogens with zero attached hydrogens (tertiary/aromatic N) is 2. The number of aromatic nitrogens is 2. The average Bonchev–Trinajstić information content (AvgIpc) is 2.44. The van der Waals surface area contributed by atoms with Crippen LogP contribution in [0, 0.1) is 0 Å². The van der Waals surface area contributed by atoms with Crippen LogP contribution in [-0.2, 0) is 13.2 Å². The van der Waals surface area contributed by atoms with Crippen LogP contribution in [0.3, 0.4) is 0 Å². The van der Waals surface area contributed by atoms with Crippen LogP contribution in [0.15, 0.2) is 42.7 Å². The van der Waals surface area contributed by atoms with Crippen LogP contribution in [0.1, 0.15) is 32.2 Å². The van der Waals surface area contributed by atoms with Gasteiger partial charge in [-0.15, -0.1) is 0 Å². The zero-order chi connectivity index (χ0) is 14.4. The molecule has 0 aliphatic carbocycles. The number of nitrogens with one attached hydrogen (secondary N) is 1. The third kappa shape index (κ3) is 4.97. The molecular formula is C16H21N3O. The predicted octanol–water partition coefficient (Wildman–Crippen LogP) is 2.94. The quantitative estimate of drug-likeness (QED) is 0.908. The smallest absolute Gasteiger partial charge is 0.166 e. The lowest BCUT2D eigenvalue weighted by Gasteiger charge is -2.20. The topological polar surface area (TPSA) is 47.0 Å². The van der Waals surface area contributed by atoms with E-state index in [2.05, 4.69) is 48.2 Å². The monoisotopic (exact) mass is 271 g/mol. The van der Waals surface area contributed by atoms with Gasteiger partial charge >= 0.3 is 0 Å². The molecule has 1 N–H and O–H groups in total. The second-order valence-corrected chi connectivity index (χ2v) is 5.70. The van der Waals surface area contributed by atoms with Gasteiger partial charge in [0, 0.05) is 24.5 Å². The van der Waals surface area contributed by atoms with Crippen LogP contribution in [0.5, 0.6) is 5.75 Å². The van der Waals surface area contributed by atoms with Gasteiger partial charge in [-0.25, -0.2) is 9.97 Å². The van der Waals surface area contributed by atoms with Crippen molar-refractivity contribution < 1.29 is 4.74 Å². The first-order valence-electron chi connectivity index (χ1n) is 6.76. The summed E-state index contributed by atoms with van der Waals surface area (Å²) in [5.74, 6) is 1.52. The highest BCUT2D eigenvalue weighted by atomic mass is 16.5. The number of rotatable bonds is 5. The van der Waals surface area contributed by atoms with Crippen molar-refractivity contribution >= 4 is 0 Å². The van der Waals surface area contributed by atoms with Gasteiger partial charge in [0.25, 0.3) is 0 Å². The lowest BCUT2D eigenvalue weighted by molar-refractivity contribution is 0.295. The molecule has 1 aromatic heterocycles. The van der Waals surface area contributed by atoms with Crippen molar-refractivity contribution in [2.24, 2.45) is 0 Å². The molecule has 0 saturated carbocycles. The number of hydrogen-bond donors (Lipinski definition) is 1. The lowest BCUT2D eigenvalue weighted by Crippen LogP contribution is -2.34. The van der Waals surface area contributed by atoms with Crippen LogP contribution in [-0.4, -0.2) is 15.5 Å². The van der Waals surface area contributed by atoms with Crippen molar-refractivity contribution in [2.45, 2.75) is 39.5 Å². The van der Waals surface area contributed by atoms with Gasteiger partial charge in [-0.3, -0.25) is 0 Å². The van der Waals surface area contributed by atoms with E-state index < -0.39 is 0 Å². The molecule has 4 nitrogen and oxygen atoms in total. The highest BCUT2D eigenvalue weighted by Gasteiger charge is 2.08. The summed E-state index contributed by atoms with van der Waals surface area (Å²) in [6, 6.07) is 9.88. The fraction of sp³-hybridized carbons (Fsp3) is 0.375. The molecule has 2 aromatic rings. The Morgan fingerprint density at radius 3 is 2.30 bits per heavy atom. The molecular weight excluding hydrogens is 250 g/mol. The highest BCUT2D eigenvalue weighted by Crippen LogP contribution is 2.14. The average molecular weight is 271 g/mol. The van der Waals surface area contributed by atoms with E-state index in [1.54, 1.807) is 18.5 Å². The minimum Gasteiger partial charge on any atom is -0.486 e. The third-order valence-corrected chi connectivity index (χ3v) is 2.73. The molecule has 0 spiro atoms. The van der Waals surface area contributed by atoms with Crippen molar-refractivity contribution in [2.75, 3.05) is 0 Å². The van der Waals surface area contributed by atoms with Crippen LogP contribution >= 0.6 is 0 Å². The fourth-order valence-corrected chi connectivity index (χ4v) is 1.62. The summed E-state index contributed by atoms with van der Waals surface area (Å²) in [5.41, 5.74) is 1.36. The summed E-state index contributed by atoms with van der Waals surface area (Å²) in [4.78, 5) is 8.24. The van der Waals surface area contributed by atoms with E-state index in [0.717, 1.165) is 12.3 Å². The molecule has 0 fully saturated rings. The van der Waals surface area contributed by atoms with E-state index in [4.69, 9.17) is 4.74 Å². The van der Waals surface area contributed by atoms with Crippen LogP contribution < -0.4 is 10.1 Å². The molecule has 4 heteroatoms. The largest absolute Gasteiger partial charge is 0.486 e. The molecule has 0 radical (unpaired) electrons. The molecule has 1 aromatic carbocycles. The third-order valence-electron chi connectivity index (χ3n) is 2.73. The molecule has 0 atom stereocenters. The van der Waals surface area contributed by atoms with Gasteiger partial charge in [-0.2, -0.15) is 0 Å². The molecule has 0 amide bonds. The Kier molecular flexibility index (Phi) is 4.69. The van der Waals surface area contributed by atoms with E-state index >= 15 is 0 Å². The summed E-state index contributed by atoms with van der Waals surface area (Å²) in [7, 11) is 0. The molecule has 0 bridgehead atoms. The zero-order valence-corrected chi connectivity index (χ0v) is 12.3. The SMILES string of the molecule is CC(C)(C)NCc1ccc(OCc2ncccn2)cc1. The Hall–Kier alpha value is -1.94. The minimum atomic E-state index is 0.125. The Morgan fingerprint density at radius 1 is 1.05 bits per heavy atom. The van der Waals surface area contributed by atoms with Gasteiger partial charge in [0.05, 0.1) is 0 Å². The van der Waals surface area contributed by atoms with Crippen molar-refractivity contribution in [3.8, 4) is 5.75 Å². The zero-order valence-electron chi connectivity index (χ0n) is 12.3. The summed E-state index contributed by atoms with van der Waals surface area (Å²) < 4.78 is 5.65. The lowest BCUT2D eigenvalue weighted by atomic mass is 10.1. The first-order chi connectivity index (χ1) is 9.53. The van der Waals surface area contributed by atoms with Crippen molar-refractivity contribution in [1.29, 1.82) is 0 Å². The Morgan fingerprint density at radius 2 is 1.70 bits per heavy atom. The summed E-state index contributed by atoms with van der Waals surface area (Å²) >= 11 is 0. The van der Waals surface area contributed by atoms with E-state index in [0.29, 0.717) is 12.4 Å². The Bertz CT molecular complexity index is 518. The van der Waals surface area contributed by atoms with Crippen molar-refractivity contribution in [1.82, 2.24) is 15.3 Å². The van der Waals surface area contributed by atoms with Gasteiger partial charge in [0.2, 0.25) is 0 Å². The van der Waals surface area contributed by atoms with E-state index in [1.165, 1.54) is 5.56 Å². The molecule has 1 heterocycles. The van der Waals surface area contributed by atoms with E-state index in [9.17, 15) is 0 Å². The summed E-state index contributed by atoms with van der Waals surface area (Å²) in [6.07, 6.45) is 3.43. The van der Waals surface area contributed by atoms with Gasteiger partial charge in [-0.1, -0.05) is 12.1 Å². The standard InChI is InChI=1S/C16H21N3O/c1-16(2,3)19-11-13-5-7-14(8-6-13)20-12-15-17-9-4-10-18-15/h4-10,19H,11-12H2,1-3H3. The Balaban J connectivity index is 1.85. The number of benzene rings is 1. The first-order valence-corrected chi connectivity index (χ1v) is 6.76. The van der Waals surface area contributed by atoms with Gasteiger partial charge in [0.1, 0.15) is 12.4 Å². The maximum Gasteiger partial charge on any atom is 0.166 e. The molecule has 0 aliphatic heterocycles. The van der Waals surface area contributed by atoms with Crippen LogP contribution in [0.4, 0.5) is 0 Å². The fourth-order valence-electron chi connectivity index (χ4n) is 1.62. The second-order valence-electron chi connectivity index (χ2n) is 5.70. The summed E-state index contributed by atoms with van der Waals surface area (Å²) in [6.45, 7) is 7.71. The highest BCUT2D eigenvalue weighted by molar-refractivity contribution is 5.27. The maximum absolute atomic E-state index is 5.65. The van der Waals surface area contributed by atoms with Gasteiger partial charge < -0.3 is 10.1 Å². The van der Waals surface area contributed by atoms with E-state index in [-0.39, 0.29) is 5.54 Å². The molecule has 106 valence electrons. The van der Waals surface area contributed by atoms with Crippen LogP contribution in [0.25, 0.3) is 0 Å². The molecule has 2 rings (SSSR count). The van der Waals surface area contributed by atoms with Gasteiger partial charge in [0.15, 0.2) is 5.82 Å². The minimum absolute atomic E-state index is 0.125. The van der Waals surface area contributed by atoms with Gasteiger partial charge in [-0.05, 0) is 44.5 Å². The van der Waals surface area contributed by atoms with E-state index in [1.807, 2.05) is 12.1 Å². The molecule has 0 unspecified atom stereocenters. The Labute approximate surface area is 120 Å².